The largest absolute Gasteiger partial charge is 0.298 e. The van der Waals surface area contributed by atoms with Crippen LogP contribution >= 0.6 is 11.6 Å². The van der Waals surface area contributed by atoms with Crippen molar-refractivity contribution >= 4 is 11.6 Å². The van der Waals surface area contributed by atoms with Gasteiger partial charge in [-0.15, -0.1) is 0 Å². The average Bonchev–Trinajstić information content (AvgIpc) is 3.24. The minimum atomic E-state index is 0.464. The third-order valence-electron chi connectivity index (χ3n) is 7.19. The minimum Gasteiger partial charge on any atom is -0.298 e. The van der Waals surface area contributed by atoms with Crippen molar-refractivity contribution in [3.63, 3.8) is 0 Å². The first-order valence-electron chi connectivity index (χ1n) is 11.6. The lowest BCUT2D eigenvalue weighted by Gasteiger charge is -2.38. The zero-order valence-corrected chi connectivity index (χ0v) is 18.8. The number of piperidine rings is 1. The number of rotatable bonds is 5. The molecule has 3 aromatic carbocycles. The quantitative estimate of drug-likeness (QED) is 0.476. The van der Waals surface area contributed by atoms with Crippen molar-refractivity contribution in [2.24, 2.45) is 0 Å². The van der Waals surface area contributed by atoms with E-state index in [0.717, 1.165) is 24.7 Å². The standard InChI is InChI=1S/C28H31ClN2/c29-27-14-8-7-13-25(27)26-20-30(19-22-9-3-1-4-10-22)21-28(26)31-17-15-24(16-18-31)23-11-5-2-6-12-23/h1-14,24,26,28H,15-21H2/t26-,28+/m1/s1. The van der Waals surface area contributed by atoms with Gasteiger partial charge in [-0.1, -0.05) is 90.5 Å². The topological polar surface area (TPSA) is 6.48 Å². The van der Waals surface area contributed by atoms with Gasteiger partial charge in [-0.3, -0.25) is 9.80 Å². The van der Waals surface area contributed by atoms with E-state index >= 15 is 0 Å². The second kappa shape index (κ2) is 9.56. The van der Waals surface area contributed by atoms with E-state index in [1.165, 1.54) is 42.6 Å². The van der Waals surface area contributed by atoms with Gasteiger partial charge in [0.2, 0.25) is 0 Å². The van der Waals surface area contributed by atoms with Crippen molar-refractivity contribution in [1.82, 2.24) is 9.80 Å². The molecule has 31 heavy (non-hydrogen) atoms. The van der Waals surface area contributed by atoms with Gasteiger partial charge in [0.15, 0.2) is 0 Å². The fourth-order valence-electron chi connectivity index (χ4n) is 5.58. The van der Waals surface area contributed by atoms with Gasteiger partial charge in [0.1, 0.15) is 0 Å². The maximum atomic E-state index is 6.68. The Morgan fingerprint density at radius 3 is 2.10 bits per heavy atom. The Kier molecular flexibility index (Phi) is 6.40. The third-order valence-corrected chi connectivity index (χ3v) is 7.53. The Labute approximate surface area is 191 Å². The van der Waals surface area contributed by atoms with Crippen molar-refractivity contribution in [3.05, 3.63) is 107 Å². The Morgan fingerprint density at radius 2 is 1.39 bits per heavy atom. The molecule has 2 aliphatic rings. The summed E-state index contributed by atoms with van der Waals surface area (Å²) in [7, 11) is 0. The summed E-state index contributed by atoms with van der Waals surface area (Å²) in [5.74, 6) is 1.16. The van der Waals surface area contributed by atoms with Crippen molar-refractivity contribution in [3.8, 4) is 0 Å². The lowest BCUT2D eigenvalue weighted by atomic mass is 9.86. The monoisotopic (exact) mass is 430 g/mol. The van der Waals surface area contributed by atoms with Crippen LogP contribution in [0.5, 0.6) is 0 Å². The predicted octanol–water partition coefficient (Wildman–Crippen LogP) is 6.19. The van der Waals surface area contributed by atoms with Crippen molar-refractivity contribution in [2.75, 3.05) is 26.2 Å². The van der Waals surface area contributed by atoms with Gasteiger partial charge >= 0.3 is 0 Å². The molecule has 2 heterocycles. The predicted molar refractivity (Wildman–Crippen MR) is 130 cm³/mol. The number of likely N-dealkylation sites (tertiary alicyclic amines) is 2. The van der Waals surface area contributed by atoms with Crippen LogP contribution in [0, 0.1) is 0 Å². The second-order valence-corrected chi connectivity index (χ2v) is 9.50. The minimum absolute atomic E-state index is 0.464. The van der Waals surface area contributed by atoms with E-state index in [9.17, 15) is 0 Å². The Morgan fingerprint density at radius 1 is 0.742 bits per heavy atom. The molecule has 0 aliphatic carbocycles. The molecular weight excluding hydrogens is 400 g/mol. The van der Waals surface area contributed by atoms with Gasteiger partial charge in [0.05, 0.1) is 0 Å². The molecule has 0 amide bonds. The highest BCUT2D eigenvalue weighted by molar-refractivity contribution is 6.31. The summed E-state index contributed by atoms with van der Waals surface area (Å²) in [5.41, 5.74) is 4.21. The Balaban J connectivity index is 1.33. The fourth-order valence-corrected chi connectivity index (χ4v) is 5.85. The zero-order valence-electron chi connectivity index (χ0n) is 18.0. The smallest absolute Gasteiger partial charge is 0.0441 e. The molecule has 3 aromatic rings. The van der Waals surface area contributed by atoms with Crippen LogP contribution < -0.4 is 0 Å². The molecule has 2 atom stereocenters. The van der Waals surface area contributed by atoms with Crippen LogP contribution in [0.25, 0.3) is 0 Å². The molecule has 160 valence electrons. The van der Waals surface area contributed by atoms with Crippen LogP contribution in [0.2, 0.25) is 5.02 Å². The fraction of sp³-hybridized carbons (Fsp3) is 0.357. The van der Waals surface area contributed by atoms with Crippen molar-refractivity contribution in [2.45, 2.75) is 37.3 Å². The van der Waals surface area contributed by atoms with E-state index in [-0.39, 0.29) is 0 Å². The molecule has 5 rings (SSSR count). The number of hydrogen-bond acceptors (Lipinski definition) is 2. The molecule has 0 aromatic heterocycles. The number of benzene rings is 3. The van der Waals surface area contributed by atoms with Crippen LogP contribution in [0.3, 0.4) is 0 Å². The maximum absolute atomic E-state index is 6.68. The summed E-state index contributed by atoms with van der Waals surface area (Å²) in [6.07, 6.45) is 2.49. The van der Waals surface area contributed by atoms with Crippen LogP contribution in [-0.4, -0.2) is 42.0 Å². The normalized spacial score (nSPS) is 23.3. The van der Waals surface area contributed by atoms with E-state index in [1.807, 2.05) is 6.07 Å². The van der Waals surface area contributed by atoms with Crippen molar-refractivity contribution < 1.29 is 0 Å². The van der Waals surface area contributed by atoms with E-state index in [0.29, 0.717) is 17.9 Å². The lowest BCUT2D eigenvalue weighted by Crippen LogP contribution is -2.44. The number of halogens is 1. The third kappa shape index (κ3) is 4.72. The van der Waals surface area contributed by atoms with Crippen LogP contribution in [-0.2, 0) is 6.54 Å². The summed E-state index contributed by atoms with van der Waals surface area (Å²) < 4.78 is 0. The van der Waals surface area contributed by atoms with E-state index in [1.54, 1.807) is 0 Å². The molecule has 2 aliphatic heterocycles. The van der Waals surface area contributed by atoms with E-state index in [2.05, 4.69) is 88.7 Å². The van der Waals surface area contributed by atoms with Gasteiger partial charge in [0, 0.05) is 36.6 Å². The molecule has 2 saturated heterocycles. The number of nitrogens with zero attached hydrogens (tertiary/aromatic N) is 2. The average molecular weight is 431 g/mol. The highest BCUT2D eigenvalue weighted by atomic mass is 35.5. The first-order chi connectivity index (χ1) is 15.3. The highest BCUT2D eigenvalue weighted by Crippen LogP contribution is 2.38. The molecule has 0 saturated carbocycles. The van der Waals surface area contributed by atoms with Gasteiger partial charge in [0.25, 0.3) is 0 Å². The molecule has 0 radical (unpaired) electrons. The molecule has 2 nitrogen and oxygen atoms in total. The highest BCUT2D eigenvalue weighted by Gasteiger charge is 2.39. The first-order valence-corrected chi connectivity index (χ1v) is 12.0. The van der Waals surface area contributed by atoms with E-state index in [4.69, 9.17) is 11.6 Å². The molecule has 0 N–H and O–H groups in total. The van der Waals surface area contributed by atoms with Crippen LogP contribution in [0.4, 0.5) is 0 Å². The van der Waals surface area contributed by atoms with Gasteiger partial charge in [-0.05, 0) is 54.6 Å². The van der Waals surface area contributed by atoms with Gasteiger partial charge in [-0.2, -0.15) is 0 Å². The Hall–Kier alpha value is -2.13. The maximum Gasteiger partial charge on any atom is 0.0441 e. The summed E-state index contributed by atoms with van der Waals surface area (Å²) in [6, 6.07) is 30.9. The summed E-state index contributed by atoms with van der Waals surface area (Å²) in [6.45, 7) is 5.54. The summed E-state index contributed by atoms with van der Waals surface area (Å²) in [5, 5.41) is 0.915. The molecule has 2 fully saturated rings. The van der Waals surface area contributed by atoms with Gasteiger partial charge < -0.3 is 0 Å². The Bertz CT molecular complexity index is 967. The molecule has 0 bridgehead atoms. The summed E-state index contributed by atoms with van der Waals surface area (Å²) in [4.78, 5) is 5.37. The number of hydrogen-bond donors (Lipinski definition) is 0. The van der Waals surface area contributed by atoms with E-state index < -0.39 is 0 Å². The molecule has 3 heteroatoms. The summed E-state index contributed by atoms with van der Waals surface area (Å²) >= 11 is 6.68. The SMILES string of the molecule is Clc1ccccc1[C@H]1CN(Cc2ccccc2)C[C@@H]1N1CCC(c2ccccc2)CC1. The first kappa shape index (κ1) is 20.8. The van der Waals surface area contributed by atoms with Crippen molar-refractivity contribution in [1.29, 1.82) is 0 Å². The van der Waals surface area contributed by atoms with Crippen LogP contribution in [0.15, 0.2) is 84.9 Å². The lowest BCUT2D eigenvalue weighted by molar-refractivity contribution is 0.143. The second-order valence-electron chi connectivity index (χ2n) is 9.10. The zero-order chi connectivity index (χ0) is 21.0. The van der Waals surface area contributed by atoms with Gasteiger partial charge in [-0.25, -0.2) is 0 Å². The van der Waals surface area contributed by atoms with Crippen LogP contribution in [0.1, 0.15) is 41.4 Å². The molecular formula is C28H31ClN2. The molecule has 0 spiro atoms. The molecule has 0 unspecified atom stereocenters.